The highest BCUT2D eigenvalue weighted by molar-refractivity contribution is 6.24. The first-order valence-corrected chi connectivity index (χ1v) is 31.7. The molecule has 440 valence electrons. The van der Waals surface area contributed by atoms with E-state index in [1.165, 1.54) is 66.4 Å². The maximum atomic E-state index is 7.05. The van der Waals surface area contributed by atoms with Crippen LogP contribution in [-0.2, 0) is 5.41 Å². The van der Waals surface area contributed by atoms with Crippen molar-refractivity contribution in [2.75, 3.05) is 4.90 Å². The summed E-state index contributed by atoms with van der Waals surface area (Å²) in [5.41, 5.74) is 24.9. The Bertz CT molecular complexity index is 5240. The zero-order valence-corrected chi connectivity index (χ0v) is 51.5. The number of benzene rings is 14. The Balaban J connectivity index is 0.000000148. The van der Waals surface area contributed by atoms with Gasteiger partial charge in [-0.2, -0.15) is 0 Å². The van der Waals surface area contributed by atoms with Crippen molar-refractivity contribution in [3.8, 4) is 101 Å². The second kappa shape index (κ2) is 24.0. The van der Waals surface area contributed by atoms with Crippen LogP contribution in [0, 0.1) is 0 Å². The molecular weight excluding hydrogens is 1130 g/mol. The normalized spacial score (nSPS) is 12.1. The minimum absolute atomic E-state index is 0.0321. The Kier molecular flexibility index (Phi) is 14.5. The quantitative estimate of drug-likeness (QED) is 0.129. The molecule has 0 saturated carbocycles. The number of fused-ring (bicyclic) bond motifs is 8. The third-order valence-electron chi connectivity index (χ3n) is 18.2. The lowest BCUT2D eigenvalue weighted by molar-refractivity contribution is 0.660. The van der Waals surface area contributed by atoms with Gasteiger partial charge < -0.3 is 9.32 Å². The van der Waals surface area contributed by atoms with Gasteiger partial charge >= 0.3 is 0 Å². The Labute approximate surface area is 541 Å². The third-order valence-corrected chi connectivity index (χ3v) is 18.2. The van der Waals surface area contributed by atoms with E-state index in [0.29, 0.717) is 17.5 Å². The largest absolute Gasteiger partial charge is 0.453 e. The van der Waals surface area contributed by atoms with E-state index >= 15 is 0 Å². The first-order valence-electron chi connectivity index (χ1n) is 31.7. The van der Waals surface area contributed by atoms with Crippen LogP contribution in [0.2, 0.25) is 0 Å². The smallest absolute Gasteiger partial charge is 0.164 e. The monoisotopic (exact) mass is 1190 g/mol. The molecule has 0 fully saturated rings. The number of anilines is 3. The van der Waals surface area contributed by atoms with E-state index in [-0.39, 0.29) is 5.41 Å². The average Bonchev–Trinajstić information content (AvgIpc) is 1.60. The summed E-state index contributed by atoms with van der Waals surface area (Å²) in [4.78, 5) is 17.1. The zero-order chi connectivity index (χ0) is 62.2. The molecule has 0 saturated heterocycles. The summed E-state index contributed by atoms with van der Waals surface area (Å²) in [5.74, 6) is 1.98. The molecule has 0 amide bonds. The van der Waals surface area contributed by atoms with Gasteiger partial charge in [0.1, 0.15) is 5.58 Å². The van der Waals surface area contributed by atoms with Gasteiger partial charge in [-0.1, -0.05) is 299 Å². The van der Waals surface area contributed by atoms with Gasteiger partial charge in [0.15, 0.2) is 23.1 Å². The molecule has 14 aromatic carbocycles. The van der Waals surface area contributed by atoms with Crippen LogP contribution in [0.15, 0.2) is 344 Å². The molecule has 5 nitrogen and oxygen atoms in total. The minimum atomic E-state index is -0.0321. The predicted molar refractivity (Wildman–Crippen MR) is 387 cm³/mol. The first kappa shape index (κ1) is 56.2. The third kappa shape index (κ3) is 10.7. The summed E-state index contributed by atoms with van der Waals surface area (Å²) >= 11 is 0. The van der Waals surface area contributed by atoms with E-state index in [0.717, 1.165) is 77.9 Å². The van der Waals surface area contributed by atoms with Crippen molar-refractivity contribution in [3.05, 3.63) is 351 Å². The van der Waals surface area contributed by atoms with Crippen molar-refractivity contribution in [1.82, 2.24) is 15.0 Å². The molecule has 93 heavy (non-hydrogen) atoms. The molecule has 0 radical (unpaired) electrons. The number of rotatable bonds is 11. The summed E-state index contributed by atoms with van der Waals surface area (Å²) in [6, 6.07) is 120. The minimum Gasteiger partial charge on any atom is -0.453 e. The number of nitrogens with zero attached hydrogens (tertiary/aromatic N) is 4. The molecule has 16 aromatic rings. The summed E-state index contributed by atoms with van der Waals surface area (Å²) in [5, 5.41) is 4.63. The van der Waals surface area contributed by atoms with Crippen molar-refractivity contribution in [2.24, 2.45) is 0 Å². The Morgan fingerprint density at radius 3 is 1.24 bits per heavy atom. The Morgan fingerprint density at radius 2 is 0.667 bits per heavy atom. The fraction of sp³-hybridized carbons (Fsp3) is 0.0341. The van der Waals surface area contributed by atoms with E-state index in [2.05, 4.69) is 298 Å². The van der Waals surface area contributed by atoms with Crippen LogP contribution in [0.4, 0.5) is 17.1 Å². The Morgan fingerprint density at radius 1 is 0.269 bits per heavy atom. The van der Waals surface area contributed by atoms with Gasteiger partial charge in [0.05, 0.1) is 5.69 Å². The van der Waals surface area contributed by atoms with Crippen LogP contribution < -0.4 is 4.90 Å². The maximum Gasteiger partial charge on any atom is 0.164 e. The van der Waals surface area contributed by atoms with Gasteiger partial charge in [-0.25, -0.2) is 15.0 Å². The lowest BCUT2D eigenvalue weighted by Crippen LogP contribution is -2.14. The van der Waals surface area contributed by atoms with Crippen molar-refractivity contribution < 1.29 is 4.42 Å². The molecular formula is C88H62N4O. The lowest BCUT2D eigenvalue weighted by Gasteiger charge is -2.26. The number of para-hydroxylation sites is 1. The lowest BCUT2D eigenvalue weighted by atomic mass is 9.81. The molecule has 0 spiro atoms. The van der Waals surface area contributed by atoms with Crippen molar-refractivity contribution >= 4 is 49.8 Å². The maximum absolute atomic E-state index is 7.05. The van der Waals surface area contributed by atoms with Crippen LogP contribution in [0.5, 0.6) is 0 Å². The van der Waals surface area contributed by atoms with E-state index in [4.69, 9.17) is 19.4 Å². The summed E-state index contributed by atoms with van der Waals surface area (Å²) in [6.45, 7) is 4.66. The zero-order valence-electron chi connectivity index (χ0n) is 51.5. The van der Waals surface area contributed by atoms with Gasteiger partial charge in [0.2, 0.25) is 0 Å². The van der Waals surface area contributed by atoms with E-state index < -0.39 is 0 Å². The second-order valence-corrected chi connectivity index (χ2v) is 24.3. The van der Waals surface area contributed by atoms with Crippen LogP contribution in [0.1, 0.15) is 25.0 Å². The van der Waals surface area contributed by atoms with Gasteiger partial charge in [-0.3, -0.25) is 0 Å². The highest BCUT2D eigenvalue weighted by Gasteiger charge is 2.35. The molecule has 2 aromatic heterocycles. The van der Waals surface area contributed by atoms with Crippen molar-refractivity contribution in [2.45, 2.75) is 19.3 Å². The van der Waals surface area contributed by atoms with Crippen LogP contribution >= 0.6 is 0 Å². The number of hydrogen-bond donors (Lipinski definition) is 0. The van der Waals surface area contributed by atoms with Crippen LogP contribution in [0.3, 0.4) is 0 Å². The molecule has 1 aliphatic carbocycles. The molecule has 0 N–H and O–H groups in total. The molecule has 0 atom stereocenters. The predicted octanol–water partition coefficient (Wildman–Crippen LogP) is 23.7. The summed E-state index contributed by atoms with van der Waals surface area (Å²) < 4.78 is 7.05. The van der Waals surface area contributed by atoms with E-state index in [1.807, 2.05) is 60.7 Å². The standard InChI is InChI=1S/C46H31NO.C42H31N3/c1-4-13-32(14-5-1)34-23-27-38(28-24-34)47(39-29-25-35(26-30-39)33-15-6-2-7-16-33)43-22-12-21-41-44-40-20-11-10-19-37(40)31-42(46(44)48-45(41)43)36-17-8-3-9-18-36;1-42(2)37-22-10-9-21-35(37)36-24-23-33(27-38(36)42)31-18-11-17-30(25-31)32-19-12-20-34(26-32)41-44-39(28-13-5-3-6-14-28)43-40(45-41)29-15-7-4-8-16-29/h1-31H;3-27H,1-2H3. The topological polar surface area (TPSA) is 55.1 Å². The molecule has 17 rings (SSSR count). The van der Waals surface area contributed by atoms with E-state index in [1.54, 1.807) is 0 Å². The van der Waals surface area contributed by atoms with Crippen molar-refractivity contribution in [1.29, 1.82) is 0 Å². The molecule has 0 bridgehead atoms. The van der Waals surface area contributed by atoms with E-state index in [9.17, 15) is 0 Å². The highest BCUT2D eigenvalue weighted by Crippen LogP contribution is 2.51. The second-order valence-electron chi connectivity index (χ2n) is 24.3. The van der Waals surface area contributed by atoms with Gasteiger partial charge in [0, 0.05) is 49.8 Å². The molecule has 1 aliphatic rings. The summed E-state index contributed by atoms with van der Waals surface area (Å²) in [6.07, 6.45) is 0. The number of hydrogen-bond acceptors (Lipinski definition) is 5. The SMILES string of the molecule is CC1(C)c2ccccc2-c2ccc(-c3cccc(-c4cccc(-c5nc(-c6ccccc6)nc(-c6ccccc6)n5)c4)c3)cc21.c1ccc(-c2ccc(N(c3ccc(-c4ccccc4)cc3)c3cccc4c3oc3c(-c5ccccc5)cc5ccccc5c34)cc2)cc1. The fourth-order valence-corrected chi connectivity index (χ4v) is 13.5. The average molecular weight is 1190 g/mol. The Hall–Kier alpha value is -12.1. The number of aromatic nitrogens is 3. The highest BCUT2D eigenvalue weighted by atomic mass is 16.3. The first-order chi connectivity index (χ1) is 45.9. The fourth-order valence-electron chi connectivity index (χ4n) is 13.5. The van der Waals surface area contributed by atoms with Gasteiger partial charge in [0.25, 0.3) is 0 Å². The molecule has 2 heterocycles. The number of furan rings is 1. The van der Waals surface area contributed by atoms with Crippen LogP contribution in [-0.4, -0.2) is 15.0 Å². The van der Waals surface area contributed by atoms with Crippen molar-refractivity contribution in [3.63, 3.8) is 0 Å². The molecule has 0 unspecified atom stereocenters. The van der Waals surface area contributed by atoms with Gasteiger partial charge in [-0.15, -0.1) is 0 Å². The summed E-state index contributed by atoms with van der Waals surface area (Å²) in [7, 11) is 0. The van der Waals surface area contributed by atoms with Gasteiger partial charge in [-0.05, 0) is 138 Å². The van der Waals surface area contributed by atoms with Crippen LogP contribution in [0.25, 0.3) is 134 Å². The molecule has 0 aliphatic heterocycles. The molecule has 5 heteroatoms.